The van der Waals surface area contributed by atoms with E-state index >= 15 is 0 Å². The zero-order chi connectivity index (χ0) is 11.7. The van der Waals surface area contributed by atoms with Gasteiger partial charge >= 0.3 is 0 Å². The van der Waals surface area contributed by atoms with Crippen molar-refractivity contribution < 1.29 is 14.6 Å². The molecule has 0 fully saturated rings. The van der Waals surface area contributed by atoms with Crippen molar-refractivity contribution in [1.29, 1.82) is 0 Å². The topological polar surface area (TPSA) is 84.6 Å². The predicted molar refractivity (Wildman–Crippen MR) is 58.4 cm³/mol. The van der Waals surface area contributed by atoms with Crippen LogP contribution in [0.1, 0.15) is 26.7 Å². The highest BCUT2D eigenvalue weighted by Gasteiger charge is 2.26. The standard InChI is InChI=1S/C10H22N2O3/c1-3-4-10(2,11)9(14)12-5-7-15-8-6-13/h13H,3-8,11H2,1-2H3,(H,12,14). The van der Waals surface area contributed by atoms with Crippen LogP contribution < -0.4 is 11.1 Å². The first-order chi connectivity index (χ1) is 7.04. The Labute approximate surface area is 91.0 Å². The quantitative estimate of drug-likeness (QED) is 0.485. The molecule has 5 nitrogen and oxygen atoms in total. The molecule has 0 spiro atoms. The van der Waals surface area contributed by atoms with E-state index in [0.29, 0.717) is 26.2 Å². The number of hydrogen-bond acceptors (Lipinski definition) is 4. The van der Waals surface area contributed by atoms with Crippen molar-refractivity contribution in [3.8, 4) is 0 Å². The Bertz CT molecular complexity index is 184. The lowest BCUT2D eigenvalue weighted by atomic mass is 9.97. The van der Waals surface area contributed by atoms with Gasteiger partial charge in [0.15, 0.2) is 0 Å². The molecule has 90 valence electrons. The molecule has 0 aromatic carbocycles. The Hall–Kier alpha value is -0.650. The molecule has 1 unspecified atom stereocenters. The third-order valence-corrected chi connectivity index (χ3v) is 2.06. The Morgan fingerprint density at radius 3 is 2.73 bits per heavy atom. The fourth-order valence-electron chi connectivity index (χ4n) is 1.24. The first-order valence-electron chi connectivity index (χ1n) is 5.30. The van der Waals surface area contributed by atoms with E-state index < -0.39 is 5.54 Å². The summed E-state index contributed by atoms with van der Waals surface area (Å²) >= 11 is 0. The molecule has 0 aliphatic rings. The van der Waals surface area contributed by atoms with Crippen molar-refractivity contribution in [3.05, 3.63) is 0 Å². The van der Waals surface area contributed by atoms with Crippen molar-refractivity contribution in [2.45, 2.75) is 32.2 Å². The van der Waals surface area contributed by atoms with Crippen molar-refractivity contribution in [2.75, 3.05) is 26.4 Å². The van der Waals surface area contributed by atoms with Gasteiger partial charge in [-0.2, -0.15) is 0 Å². The number of carbonyl (C=O) groups excluding carboxylic acids is 1. The molecule has 4 N–H and O–H groups in total. The fourth-order valence-corrected chi connectivity index (χ4v) is 1.24. The van der Waals surface area contributed by atoms with Gasteiger partial charge in [0.25, 0.3) is 0 Å². The summed E-state index contributed by atoms with van der Waals surface area (Å²) in [5.74, 6) is -0.156. The molecular formula is C10H22N2O3. The lowest BCUT2D eigenvalue weighted by molar-refractivity contribution is -0.126. The molecule has 1 atom stereocenters. The Balaban J connectivity index is 3.64. The number of hydrogen-bond donors (Lipinski definition) is 3. The largest absolute Gasteiger partial charge is 0.394 e. The van der Waals surface area contributed by atoms with Crippen LogP contribution in [0, 0.1) is 0 Å². The molecule has 0 aliphatic heterocycles. The first-order valence-corrected chi connectivity index (χ1v) is 5.30. The van der Waals surface area contributed by atoms with Gasteiger partial charge in [-0.05, 0) is 13.3 Å². The van der Waals surface area contributed by atoms with Crippen LogP contribution in [0.3, 0.4) is 0 Å². The van der Waals surface area contributed by atoms with Crippen molar-refractivity contribution in [1.82, 2.24) is 5.32 Å². The van der Waals surface area contributed by atoms with E-state index in [1.165, 1.54) is 0 Å². The maximum Gasteiger partial charge on any atom is 0.239 e. The summed E-state index contributed by atoms with van der Waals surface area (Å²) in [6.45, 7) is 4.83. The number of carbonyl (C=O) groups is 1. The van der Waals surface area contributed by atoms with Crippen LogP contribution in [-0.2, 0) is 9.53 Å². The molecule has 0 saturated carbocycles. The second-order valence-electron chi connectivity index (χ2n) is 3.76. The van der Waals surface area contributed by atoms with Gasteiger partial charge in [0, 0.05) is 6.54 Å². The second kappa shape index (κ2) is 7.62. The molecule has 0 aromatic heterocycles. The van der Waals surface area contributed by atoms with E-state index in [9.17, 15) is 4.79 Å². The summed E-state index contributed by atoms with van der Waals surface area (Å²) in [6, 6.07) is 0. The van der Waals surface area contributed by atoms with E-state index in [4.69, 9.17) is 15.6 Å². The molecule has 0 bridgehead atoms. The lowest BCUT2D eigenvalue weighted by Crippen LogP contribution is -2.52. The SMILES string of the molecule is CCCC(C)(N)C(=O)NCCOCCO. The molecule has 1 amide bonds. The van der Waals surface area contributed by atoms with Crippen LogP contribution in [0.5, 0.6) is 0 Å². The molecule has 15 heavy (non-hydrogen) atoms. The summed E-state index contributed by atoms with van der Waals surface area (Å²) < 4.78 is 5.00. The van der Waals surface area contributed by atoms with Crippen molar-refractivity contribution >= 4 is 5.91 Å². The summed E-state index contributed by atoms with van der Waals surface area (Å²) in [5, 5.41) is 11.1. The normalized spacial score (nSPS) is 14.7. The van der Waals surface area contributed by atoms with E-state index in [1.807, 2.05) is 6.92 Å². The molecule has 5 heteroatoms. The highest BCUT2D eigenvalue weighted by Crippen LogP contribution is 2.07. The van der Waals surface area contributed by atoms with Gasteiger partial charge in [-0.25, -0.2) is 0 Å². The van der Waals surface area contributed by atoms with E-state index in [0.717, 1.165) is 6.42 Å². The number of nitrogens with two attached hydrogens (primary N) is 1. The summed E-state index contributed by atoms with van der Waals surface area (Å²) in [7, 11) is 0. The second-order valence-corrected chi connectivity index (χ2v) is 3.76. The van der Waals surface area contributed by atoms with Crippen LogP contribution in [-0.4, -0.2) is 42.9 Å². The van der Waals surface area contributed by atoms with Crippen molar-refractivity contribution in [3.63, 3.8) is 0 Å². The molecule has 0 radical (unpaired) electrons. The molecule has 0 aliphatic carbocycles. The summed E-state index contributed by atoms with van der Waals surface area (Å²) in [5.41, 5.74) is 5.02. The highest BCUT2D eigenvalue weighted by molar-refractivity contribution is 5.85. The lowest BCUT2D eigenvalue weighted by Gasteiger charge is -2.22. The van der Waals surface area contributed by atoms with Gasteiger partial charge in [-0.15, -0.1) is 0 Å². The maximum absolute atomic E-state index is 11.5. The predicted octanol–water partition coefficient (Wildman–Crippen LogP) is -0.371. The Kier molecular flexibility index (Phi) is 7.29. The monoisotopic (exact) mass is 218 g/mol. The van der Waals surface area contributed by atoms with Gasteiger partial charge in [-0.3, -0.25) is 4.79 Å². The molecule has 0 rings (SSSR count). The Morgan fingerprint density at radius 1 is 1.53 bits per heavy atom. The van der Waals surface area contributed by atoms with Crippen molar-refractivity contribution in [2.24, 2.45) is 5.73 Å². The summed E-state index contributed by atoms with van der Waals surface area (Å²) in [6.07, 6.45) is 1.54. The zero-order valence-corrected chi connectivity index (χ0v) is 9.58. The number of aliphatic hydroxyl groups is 1. The number of rotatable bonds is 8. The van der Waals surface area contributed by atoms with Gasteiger partial charge in [-0.1, -0.05) is 13.3 Å². The smallest absolute Gasteiger partial charge is 0.239 e. The fraction of sp³-hybridized carbons (Fsp3) is 0.900. The minimum atomic E-state index is -0.800. The van der Waals surface area contributed by atoms with E-state index in [1.54, 1.807) is 6.92 Å². The van der Waals surface area contributed by atoms with Crippen LogP contribution in [0.2, 0.25) is 0 Å². The van der Waals surface area contributed by atoms with Crippen LogP contribution in [0.4, 0.5) is 0 Å². The molecule has 0 aromatic rings. The van der Waals surface area contributed by atoms with Gasteiger partial charge in [0.05, 0.1) is 25.4 Å². The highest BCUT2D eigenvalue weighted by atomic mass is 16.5. The Morgan fingerprint density at radius 2 is 2.20 bits per heavy atom. The molecule has 0 heterocycles. The first kappa shape index (κ1) is 14.3. The van der Waals surface area contributed by atoms with Gasteiger partial charge in [0.2, 0.25) is 5.91 Å². The van der Waals surface area contributed by atoms with Gasteiger partial charge < -0.3 is 20.9 Å². The van der Waals surface area contributed by atoms with Gasteiger partial charge in [0.1, 0.15) is 0 Å². The number of amides is 1. The molecular weight excluding hydrogens is 196 g/mol. The van der Waals surface area contributed by atoms with E-state index in [-0.39, 0.29) is 12.5 Å². The average Bonchev–Trinajstić information content (AvgIpc) is 2.17. The number of nitrogens with one attached hydrogen (secondary N) is 1. The van der Waals surface area contributed by atoms with Crippen LogP contribution in [0.15, 0.2) is 0 Å². The third-order valence-electron chi connectivity index (χ3n) is 2.06. The molecule has 0 saturated heterocycles. The third kappa shape index (κ3) is 6.43. The number of ether oxygens (including phenoxy) is 1. The zero-order valence-electron chi connectivity index (χ0n) is 9.58. The maximum atomic E-state index is 11.5. The van der Waals surface area contributed by atoms with E-state index in [2.05, 4.69) is 5.32 Å². The summed E-state index contributed by atoms with van der Waals surface area (Å²) in [4.78, 5) is 11.5. The number of aliphatic hydroxyl groups excluding tert-OH is 1. The minimum Gasteiger partial charge on any atom is -0.394 e. The van der Waals surface area contributed by atoms with Crippen LogP contribution in [0.25, 0.3) is 0 Å². The van der Waals surface area contributed by atoms with Crippen LogP contribution >= 0.6 is 0 Å². The average molecular weight is 218 g/mol. The minimum absolute atomic E-state index is 0.00160.